The molecule has 0 saturated carbocycles. The number of ether oxygens (including phenoxy) is 2. The summed E-state index contributed by atoms with van der Waals surface area (Å²) >= 11 is 0. The number of alkyl halides is 3. The summed E-state index contributed by atoms with van der Waals surface area (Å²) < 4.78 is 50.7. The van der Waals surface area contributed by atoms with E-state index in [-0.39, 0.29) is 34.7 Å². The van der Waals surface area contributed by atoms with Crippen LogP contribution in [-0.2, 0) is 33.5 Å². The molecule has 0 saturated heterocycles. The van der Waals surface area contributed by atoms with Gasteiger partial charge in [-0.05, 0) is 80.4 Å². The Morgan fingerprint density at radius 3 is 2.02 bits per heavy atom. The highest BCUT2D eigenvalue weighted by molar-refractivity contribution is 5.97. The van der Waals surface area contributed by atoms with Crippen LogP contribution in [0.1, 0.15) is 58.2 Å². The highest BCUT2D eigenvalue weighted by atomic mass is 19.4. The summed E-state index contributed by atoms with van der Waals surface area (Å²) in [6, 6.07) is 14.8. The lowest BCUT2D eigenvalue weighted by molar-refractivity contribution is -0.155. The van der Waals surface area contributed by atoms with Crippen LogP contribution in [0.4, 0.5) is 18.9 Å². The Morgan fingerprint density at radius 2 is 1.49 bits per heavy atom. The van der Waals surface area contributed by atoms with Gasteiger partial charge < -0.3 is 24.8 Å². The topological polar surface area (TPSA) is 122 Å². The maximum absolute atomic E-state index is 13.5. The first kappa shape index (κ1) is 32.6. The lowest BCUT2D eigenvalue weighted by Crippen LogP contribution is -2.38. The van der Waals surface area contributed by atoms with Gasteiger partial charge >= 0.3 is 18.1 Å². The number of anilines is 1. The number of aromatic carboxylic acids is 1. The van der Waals surface area contributed by atoms with Crippen LogP contribution < -0.4 is 10.1 Å². The third-order valence-corrected chi connectivity index (χ3v) is 5.99. The summed E-state index contributed by atoms with van der Waals surface area (Å²) in [5.41, 5.74) is -0.959. The number of carboxylic acid groups (broad SMARTS) is 1. The summed E-state index contributed by atoms with van der Waals surface area (Å²) in [5, 5.41) is 11.7. The first-order valence-corrected chi connectivity index (χ1v) is 13.0. The van der Waals surface area contributed by atoms with E-state index in [1.807, 2.05) is 0 Å². The lowest BCUT2D eigenvalue weighted by atomic mass is 10.0. The first-order chi connectivity index (χ1) is 20.1. The molecule has 0 aromatic heterocycles. The number of amides is 2. The largest absolute Gasteiger partial charge is 0.497 e. The molecule has 0 bridgehead atoms. The van der Waals surface area contributed by atoms with Gasteiger partial charge in [0.15, 0.2) is 0 Å². The molecule has 0 spiro atoms. The van der Waals surface area contributed by atoms with Crippen molar-refractivity contribution in [1.82, 2.24) is 4.90 Å². The van der Waals surface area contributed by atoms with E-state index in [0.29, 0.717) is 5.56 Å². The zero-order valence-electron chi connectivity index (χ0n) is 23.9. The Labute approximate surface area is 246 Å². The van der Waals surface area contributed by atoms with Crippen molar-refractivity contribution in [2.45, 2.75) is 45.5 Å². The molecular formula is C31H31F3N2O7. The third kappa shape index (κ3) is 9.59. The van der Waals surface area contributed by atoms with Crippen molar-refractivity contribution in [2.24, 2.45) is 0 Å². The number of halogens is 3. The van der Waals surface area contributed by atoms with Crippen LogP contribution in [0.25, 0.3) is 0 Å². The molecule has 3 rings (SSSR count). The second-order valence-electron chi connectivity index (χ2n) is 10.6. The van der Waals surface area contributed by atoms with Gasteiger partial charge in [-0.25, -0.2) is 4.79 Å². The molecule has 3 aromatic carbocycles. The minimum Gasteiger partial charge on any atom is -0.497 e. The van der Waals surface area contributed by atoms with Crippen molar-refractivity contribution in [3.8, 4) is 5.75 Å². The number of nitrogens with zero attached hydrogens (tertiary/aromatic N) is 1. The molecule has 2 N–H and O–H groups in total. The van der Waals surface area contributed by atoms with Gasteiger partial charge in [0, 0.05) is 17.8 Å². The Hall–Kier alpha value is -4.87. The number of nitrogens with one attached hydrogen (secondary N) is 1. The summed E-state index contributed by atoms with van der Waals surface area (Å²) in [6.45, 7) is 4.65. The molecule has 0 heterocycles. The monoisotopic (exact) mass is 600 g/mol. The van der Waals surface area contributed by atoms with E-state index >= 15 is 0 Å². The van der Waals surface area contributed by atoms with Gasteiger partial charge in [0.1, 0.15) is 17.9 Å². The number of carboxylic acids is 1. The molecule has 0 aliphatic heterocycles. The summed E-state index contributed by atoms with van der Waals surface area (Å²) in [7, 11) is 1.24. The molecule has 0 aliphatic carbocycles. The van der Waals surface area contributed by atoms with E-state index in [9.17, 15) is 32.3 Å². The number of methoxy groups -OCH3 is 1. The minimum atomic E-state index is -4.68. The molecule has 0 atom stereocenters. The van der Waals surface area contributed by atoms with E-state index in [4.69, 9.17) is 14.6 Å². The van der Waals surface area contributed by atoms with Crippen LogP contribution in [0.5, 0.6) is 5.75 Å². The van der Waals surface area contributed by atoms with Gasteiger partial charge in [0.05, 0.1) is 24.7 Å². The Balaban J connectivity index is 1.76. The molecule has 12 heteroatoms. The highest BCUT2D eigenvalue weighted by Crippen LogP contribution is 2.34. The molecule has 0 radical (unpaired) electrons. The predicted octanol–water partition coefficient (Wildman–Crippen LogP) is 5.58. The number of esters is 1. The molecule has 0 fully saturated rings. The Bertz CT molecular complexity index is 1480. The number of carbonyl (C=O) groups excluding carboxylic acids is 3. The van der Waals surface area contributed by atoms with E-state index in [0.717, 1.165) is 6.07 Å². The van der Waals surface area contributed by atoms with Crippen LogP contribution in [-0.4, -0.2) is 53.0 Å². The van der Waals surface area contributed by atoms with Crippen molar-refractivity contribution in [3.63, 3.8) is 0 Å². The maximum atomic E-state index is 13.5. The summed E-state index contributed by atoms with van der Waals surface area (Å²) in [4.78, 5) is 50.9. The zero-order chi connectivity index (χ0) is 31.9. The molecule has 2 amide bonds. The quantitative estimate of drug-likeness (QED) is 0.292. The van der Waals surface area contributed by atoms with Gasteiger partial charge in [-0.3, -0.25) is 14.4 Å². The standard InChI is InChI=1S/C31H31F3N2O7/c1-30(2,3)43-27(38)18-36(17-19-5-7-21(8-6-19)29(40)41)28(39)20-9-12-23(13-10-20)35-26(37)15-22-11-14-24(42-4)16-25(22)31(32,33)34/h5-14,16H,15,17-18H2,1-4H3,(H,35,37)(H,40,41). The second-order valence-corrected chi connectivity index (χ2v) is 10.6. The van der Waals surface area contributed by atoms with E-state index in [1.165, 1.54) is 72.7 Å². The van der Waals surface area contributed by atoms with Crippen LogP contribution >= 0.6 is 0 Å². The first-order valence-electron chi connectivity index (χ1n) is 13.0. The Morgan fingerprint density at radius 1 is 0.884 bits per heavy atom. The smallest absolute Gasteiger partial charge is 0.416 e. The number of benzene rings is 3. The molecule has 3 aromatic rings. The van der Waals surface area contributed by atoms with Gasteiger partial charge in [-0.15, -0.1) is 0 Å². The summed E-state index contributed by atoms with van der Waals surface area (Å²) in [6.07, 6.45) is -5.24. The predicted molar refractivity (Wildman–Crippen MR) is 151 cm³/mol. The fourth-order valence-corrected chi connectivity index (χ4v) is 4.06. The average molecular weight is 601 g/mol. The number of hydrogen-bond donors (Lipinski definition) is 2. The number of hydrogen-bond acceptors (Lipinski definition) is 6. The van der Waals surface area contributed by atoms with E-state index in [2.05, 4.69) is 5.32 Å². The molecule has 9 nitrogen and oxygen atoms in total. The minimum absolute atomic E-state index is 0.00901. The highest BCUT2D eigenvalue weighted by Gasteiger charge is 2.34. The normalized spacial score (nSPS) is 11.4. The van der Waals surface area contributed by atoms with Gasteiger partial charge in [0.2, 0.25) is 5.91 Å². The molecule has 43 heavy (non-hydrogen) atoms. The van der Waals surface area contributed by atoms with Crippen molar-refractivity contribution in [3.05, 3.63) is 94.5 Å². The van der Waals surface area contributed by atoms with Crippen molar-refractivity contribution < 1.29 is 46.9 Å². The number of carbonyl (C=O) groups is 4. The fraction of sp³-hybridized carbons (Fsp3) is 0.290. The van der Waals surface area contributed by atoms with Crippen LogP contribution in [0.3, 0.4) is 0 Å². The van der Waals surface area contributed by atoms with Crippen molar-refractivity contribution in [1.29, 1.82) is 0 Å². The zero-order valence-corrected chi connectivity index (χ0v) is 23.9. The summed E-state index contributed by atoms with van der Waals surface area (Å²) in [5.74, 6) is -2.99. The van der Waals surface area contributed by atoms with Gasteiger partial charge in [-0.1, -0.05) is 18.2 Å². The fourth-order valence-electron chi connectivity index (χ4n) is 4.06. The lowest BCUT2D eigenvalue weighted by Gasteiger charge is -2.25. The van der Waals surface area contributed by atoms with Gasteiger partial charge in [0.25, 0.3) is 5.91 Å². The van der Waals surface area contributed by atoms with Crippen LogP contribution in [0, 0.1) is 0 Å². The third-order valence-electron chi connectivity index (χ3n) is 5.99. The van der Waals surface area contributed by atoms with E-state index in [1.54, 1.807) is 20.8 Å². The molecule has 228 valence electrons. The SMILES string of the molecule is COc1ccc(CC(=O)Nc2ccc(C(=O)N(CC(=O)OC(C)(C)C)Cc3ccc(C(=O)O)cc3)cc2)c(C(F)(F)F)c1. The van der Waals surface area contributed by atoms with Crippen LogP contribution in [0.15, 0.2) is 66.7 Å². The van der Waals surface area contributed by atoms with Crippen molar-refractivity contribution in [2.75, 3.05) is 19.0 Å². The Kier molecular flexibility index (Phi) is 10.2. The second kappa shape index (κ2) is 13.4. The molecular weight excluding hydrogens is 569 g/mol. The molecule has 0 unspecified atom stereocenters. The van der Waals surface area contributed by atoms with E-state index < -0.39 is 54.1 Å². The molecule has 0 aliphatic rings. The van der Waals surface area contributed by atoms with Crippen molar-refractivity contribution >= 4 is 29.4 Å². The van der Waals surface area contributed by atoms with Crippen LogP contribution in [0.2, 0.25) is 0 Å². The average Bonchev–Trinajstić information content (AvgIpc) is 2.91. The van der Waals surface area contributed by atoms with Gasteiger partial charge in [-0.2, -0.15) is 13.2 Å². The number of rotatable bonds is 10. The maximum Gasteiger partial charge on any atom is 0.416 e.